The third kappa shape index (κ3) is 3.94. The molecule has 1 aromatic carbocycles. The molecule has 0 aliphatic heterocycles. The second-order valence-electron chi connectivity index (χ2n) is 5.72. The van der Waals surface area contributed by atoms with Gasteiger partial charge in [-0.2, -0.15) is 4.98 Å². The number of ether oxygens (including phenoxy) is 1. The molecule has 1 aliphatic carbocycles. The molecule has 25 heavy (non-hydrogen) atoms. The lowest BCUT2D eigenvalue weighted by atomic mass is 10.1. The molecule has 0 spiro atoms. The zero-order chi connectivity index (χ0) is 17.8. The van der Waals surface area contributed by atoms with E-state index in [9.17, 15) is 15.2 Å². The van der Waals surface area contributed by atoms with Crippen LogP contribution in [0.2, 0.25) is 0 Å². The van der Waals surface area contributed by atoms with Gasteiger partial charge in [-0.25, -0.2) is 4.98 Å². The quantitative estimate of drug-likeness (QED) is 0.491. The van der Waals surface area contributed by atoms with E-state index >= 15 is 0 Å². The van der Waals surface area contributed by atoms with Gasteiger partial charge in [0.25, 0.3) is 0 Å². The van der Waals surface area contributed by atoms with Crippen molar-refractivity contribution in [3.05, 3.63) is 46.1 Å². The van der Waals surface area contributed by atoms with Crippen LogP contribution in [0.5, 0.6) is 5.75 Å². The molecule has 132 valence electrons. The van der Waals surface area contributed by atoms with Gasteiger partial charge in [0, 0.05) is 11.6 Å². The van der Waals surface area contributed by atoms with Crippen LogP contribution in [0.25, 0.3) is 0 Å². The summed E-state index contributed by atoms with van der Waals surface area (Å²) in [6.45, 7) is -0.216. The summed E-state index contributed by atoms with van der Waals surface area (Å²) in [6.07, 6.45) is 3.09. The molecule has 1 heterocycles. The van der Waals surface area contributed by atoms with Gasteiger partial charge in [0.15, 0.2) is 0 Å². The summed E-state index contributed by atoms with van der Waals surface area (Å²) in [7, 11) is 1.55. The van der Waals surface area contributed by atoms with Gasteiger partial charge in [-0.3, -0.25) is 10.1 Å². The van der Waals surface area contributed by atoms with Crippen LogP contribution in [0, 0.1) is 10.1 Å². The van der Waals surface area contributed by atoms with Crippen molar-refractivity contribution >= 4 is 17.5 Å². The van der Waals surface area contributed by atoms with Gasteiger partial charge in [-0.05, 0) is 18.9 Å². The lowest BCUT2D eigenvalue weighted by molar-refractivity contribution is -0.384. The molecule has 1 aromatic heterocycles. The maximum absolute atomic E-state index is 11.1. The molecule has 3 N–H and O–H groups in total. The number of nitrogens with zero attached hydrogens (tertiary/aromatic N) is 3. The lowest BCUT2D eigenvalue weighted by Crippen LogP contribution is -2.18. The predicted octanol–water partition coefficient (Wildman–Crippen LogP) is 2.11. The summed E-state index contributed by atoms with van der Waals surface area (Å²) >= 11 is 0. The van der Waals surface area contributed by atoms with E-state index in [1.807, 2.05) is 18.2 Å². The van der Waals surface area contributed by atoms with Crippen molar-refractivity contribution in [3.63, 3.8) is 0 Å². The van der Waals surface area contributed by atoms with Crippen LogP contribution in [0.4, 0.5) is 17.5 Å². The van der Waals surface area contributed by atoms with Crippen molar-refractivity contribution in [2.45, 2.75) is 24.9 Å². The number of nitrogens with one attached hydrogen (secondary N) is 2. The Labute approximate surface area is 144 Å². The second-order valence-corrected chi connectivity index (χ2v) is 5.72. The van der Waals surface area contributed by atoms with Gasteiger partial charge in [0.1, 0.15) is 11.9 Å². The summed E-state index contributed by atoms with van der Waals surface area (Å²) < 4.78 is 5.31. The van der Waals surface area contributed by atoms with Crippen LogP contribution in [-0.4, -0.2) is 39.8 Å². The molecule has 3 rings (SSSR count). The van der Waals surface area contributed by atoms with E-state index in [2.05, 4.69) is 20.6 Å². The fourth-order valence-electron chi connectivity index (χ4n) is 2.44. The number of methoxy groups -OCH3 is 1. The summed E-state index contributed by atoms with van der Waals surface area (Å²) in [5.41, 5.74) is 0.571. The fraction of sp³-hybridized carbons (Fsp3) is 0.375. The van der Waals surface area contributed by atoms with Gasteiger partial charge >= 0.3 is 5.69 Å². The minimum absolute atomic E-state index is 0.171. The number of rotatable bonds is 8. The number of para-hydroxylation sites is 1. The number of aliphatic hydroxyl groups is 1. The number of anilines is 2. The van der Waals surface area contributed by atoms with E-state index in [0.29, 0.717) is 5.75 Å². The van der Waals surface area contributed by atoms with Gasteiger partial charge < -0.3 is 20.5 Å². The topological polar surface area (TPSA) is 122 Å². The van der Waals surface area contributed by atoms with Crippen molar-refractivity contribution in [1.82, 2.24) is 9.97 Å². The summed E-state index contributed by atoms with van der Waals surface area (Å²) in [5.74, 6) is 0.993. The molecule has 1 fully saturated rings. The van der Waals surface area contributed by atoms with Crippen molar-refractivity contribution < 1.29 is 14.8 Å². The first-order valence-corrected chi connectivity index (χ1v) is 7.90. The van der Waals surface area contributed by atoms with E-state index in [0.717, 1.165) is 24.6 Å². The number of aromatic nitrogens is 2. The average molecular weight is 345 g/mol. The van der Waals surface area contributed by atoms with Crippen molar-refractivity contribution in [2.24, 2.45) is 0 Å². The molecule has 1 saturated carbocycles. The molecule has 9 nitrogen and oxygen atoms in total. The first-order chi connectivity index (χ1) is 12.1. The molecule has 0 unspecified atom stereocenters. The van der Waals surface area contributed by atoms with E-state index < -0.39 is 11.0 Å². The van der Waals surface area contributed by atoms with Crippen molar-refractivity contribution in [1.29, 1.82) is 0 Å². The third-order valence-electron chi connectivity index (χ3n) is 3.88. The Morgan fingerprint density at radius 1 is 1.44 bits per heavy atom. The molecule has 9 heteroatoms. The smallest absolute Gasteiger partial charge is 0.329 e. The fourth-order valence-corrected chi connectivity index (χ4v) is 2.44. The number of hydrogen-bond acceptors (Lipinski definition) is 8. The Hall–Kier alpha value is -2.94. The predicted molar refractivity (Wildman–Crippen MR) is 91.8 cm³/mol. The molecule has 0 bridgehead atoms. The first-order valence-electron chi connectivity index (χ1n) is 7.90. The Bertz CT molecular complexity index is 766. The largest absolute Gasteiger partial charge is 0.496 e. The molecule has 0 saturated heterocycles. The second kappa shape index (κ2) is 7.31. The summed E-state index contributed by atoms with van der Waals surface area (Å²) in [5, 5.41) is 26.9. The van der Waals surface area contributed by atoms with E-state index in [1.165, 1.54) is 0 Å². The monoisotopic (exact) mass is 345 g/mol. The standard InChI is InChI=1S/C16H19N5O4/c1-25-14-5-3-2-4-11(14)12(9-22)19-16-17-8-13(21(23)24)15(20-16)18-10-6-7-10/h2-5,8,10,12,22H,6-7,9H2,1H3,(H2,17,18,19,20)/t12-/m0/s1. The van der Waals surface area contributed by atoms with Crippen LogP contribution in [-0.2, 0) is 0 Å². The van der Waals surface area contributed by atoms with Crippen molar-refractivity contribution in [2.75, 3.05) is 24.4 Å². The number of benzene rings is 1. The highest BCUT2D eigenvalue weighted by Gasteiger charge is 2.27. The minimum Gasteiger partial charge on any atom is -0.496 e. The molecule has 1 aliphatic rings. The normalized spacial score (nSPS) is 14.6. The third-order valence-corrected chi connectivity index (χ3v) is 3.88. The maximum atomic E-state index is 11.1. The van der Waals surface area contributed by atoms with Gasteiger partial charge in [0.05, 0.1) is 24.7 Å². The maximum Gasteiger partial charge on any atom is 0.329 e. The number of hydrogen-bond donors (Lipinski definition) is 3. The number of aliphatic hydroxyl groups excluding tert-OH is 1. The van der Waals surface area contributed by atoms with Crippen LogP contribution < -0.4 is 15.4 Å². The van der Waals surface area contributed by atoms with Crippen molar-refractivity contribution in [3.8, 4) is 5.75 Å². The molecular weight excluding hydrogens is 326 g/mol. The molecule has 0 radical (unpaired) electrons. The minimum atomic E-state index is -0.516. The van der Waals surface area contributed by atoms with Crippen LogP contribution >= 0.6 is 0 Å². The summed E-state index contributed by atoms with van der Waals surface area (Å²) in [4.78, 5) is 18.8. The summed E-state index contributed by atoms with van der Waals surface area (Å²) in [6, 6.07) is 6.98. The Balaban J connectivity index is 1.86. The zero-order valence-electron chi connectivity index (χ0n) is 13.7. The number of nitro groups is 1. The average Bonchev–Trinajstić information content (AvgIpc) is 3.43. The first kappa shape index (κ1) is 16.9. The molecule has 0 amide bonds. The lowest BCUT2D eigenvalue weighted by Gasteiger charge is -2.19. The molecule has 1 atom stereocenters. The molecule has 2 aromatic rings. The Morgan fingerprint density at radius 2 is 2.20 bits per heavy atom. The SMILES string of the molecule is COc1ccccc1[C@H](CO)Nc1ncc([N+](=O)[O-])c(NC2CC2)n1. The highest BCUT2D eigenvalue weighted by molar-refractivity contribution is 5.58. The van der Waals surface area contributed by atoms with Gasteiger partial charge in [-0.1, -0.05) is 18.2 Å². The van der Waals surface area contributed by atoms with E-state index in [4.69, 9.17) is 4.74 Å². The van der Waals surface area contributed by atoms with Gasteiger partial charge in [-0.15, -0.1) is 0 Å². The van der Waals surface area contributed by atoms with Crippen LogP contribution in [0.1, 0.15) is 24.4 Å². The van der Waals surface area contributed by atoms with Crippen LogP contribution in [0.15, 0.2) is 30.5 Å². The van der Waals surface area contributed by atoms with E-state index in [-0.39, 0.29) is 30.1 Å². The molecular formula is C16H19N5O4. The highest BCUT2D eigenvalue weighted by Crippen LogP contribution is 2.31. The van der Waals surface area contributed by atoms with Crippen LogP contribution in [0.3, 0.4) is 0 Å². The van der Waals surface area contributed by atoms with E-state index in [1.54, 1.807) is 13.2 Å². The Kier molecular flexibility index (Phi) is 4.94. The Morgan fingerprint density at radius 3 is 2.84 bits per heavy atom. The zero-order valence-corrected chi connectivity index (χ0v) is 13.7. The highest BCUT2D eigenvalue weighted by atomic mass is 16.6. The van der Waals surface area contributed by atoms with Gasteiger partial charge in [0.2, 0.25) is 11.8 Å².